The summed E-state index contributed by atoms with van der Waals surface area (Å²) in [5, 5.41) is 12.9. The molecule has 0 aliphatic carbocycles. The first-order chi connectivity index (χ1) is 10.2. The van der Waals surface area contributed by atoms with Crippen LogP contribution in [0.3, 0.4) is 0 Å². The van der Waals surface area contributed by atoms with Gasteiger partial charge in [0, 0.05) is 30.1 Å². The van der Waals surface area contributed by atoms with Crippen LogP contribution in [0, 0.1) is 17.0 Å². The van der Waals surface area contributed by atoms with Crippen LogP contribution >= 0.6 is 22.9 Å². The van der Waals surface area contributed by atoms with Gasteiger partial charge in [-0.25, -0.2) is 8.42 Å². The van der Waals surface area contributed by atoms with Crippen molar-refractivity contribution in [3.63, 3.8) is 0 Å². The summed E-state index contributed by atoms with van der Waals surface area (Å²) < 4.78 is 26.2. The van der Waals surface area contributed by atoms with E-state index in [4.69, 9.17) is 11.6 Å². The minimum absolute atomic E-state index is 0.0531. The predicted molar refractivity (Wildman–Crippen MR) is 85.8 cm³/mol. The largest absolute Gasteiger partial charge is 0.275 e. The molecule has 2 rings (SSSR count). The fourth-order valence-corrected chi connectivity index (χ4v) is 4.18. The number of thiophene rings is 1. The third-order valence-electron chi connectivity index (χ3n) is 3.15. The van der Waals surface area contributed by atoms with Crippen LogP contribution in [-0.2, 0) is 16.6 Å². The number of nitro groups is 1. The Balaban J connectivity index is 2.43. The van der Waals surface area contributed by atoms with Crippen molar-refractivity contribution >= 4 is 38.6 Å². The van der Waals surface area contributed by atoms with Gasteiger partial charge in [-0.2, -0.15) is 4.31 Å². The van der Waals surface area contributed by atoms with Gasteiger partial charge in [-0.05, 0) is 24.4 Å². The minimum Gasteiger partial charge on any atom is -0.258 e. The van der Waals surface area contributed by atoms with Gasteiger partial charge in [-0.1, -0.05) is 17.7 Å². The average Bonchev–Trinajstić information content (AvgIpc) is 2.93. The van der Waals surface area contributed by atoms with Crippen molar-refractivity contribution in [1.29, 1.82) is 0 Å². The summed E-state index contributed by atoms with van der Waals surface area (Å²) in [6, 6.07) is 5.93. The van der Waals surface area contributed by atoms with Crippen molar-refractivity contribution in [2.45, 2.75) is 18.4 Å². The number of benzene rings is 1. The molecule has 0 spiro atoms. The maximum absolute atomic E-state index is 12.5. The zero-order chi connectivity index (χ0) is 16.5. The number of hydrogen-bond donors (Lipinski definition) is 0. The van der Waals surface area contributed by atoms with Gasteiger partial charge in [0.05, 0.1) is 14.8 Å². The molecule has 0 fully saturated rings. The van der Waals surface area contributed by atoms with Crippen LogP contribution < -0.4 is 0 Å². The van der Waals surface area contributed by atoms with Crippen LogP contribution in [0.4, 0.5) is 5.69 Å². The molecule has 0 saturated heterocycles. The van der Waals surface area contributed by atoms with Crippen molar-refractivity contribution in [3.8, 4) is 0 Å². The molecule has 6 nitrogen and oxygen atoms in total. The van der Waals surface area contributed by atoms with Crippen LogP contribution in [0.25, 0.3) is 0 Å². The maximum Gasteiger partial charge on any atom is 0.275 e. The third-order valence-corrected chi connectivity index (χ3v) is 6.19. The van der Waals surface area contributed by atoms with Crippen molar-refractivity contribution in [1.82, 2.24) is 4.31 Å². The first kappa shape index (κ1) is 16.9. The molecule has 0 N–H and O–H groups in total. The maximum atomic E-state index is 12.5. The SMILES string of the molecule is Cc1c(Cl)cc(S(=O)(=O)N(C)Cc2cccs2)cc1[N+](=O)[O-]. The average molecular weight is 361 g/mol. The van der Waals surface area contributed by atoms with E-state index >= 15 is 0 Å². The summed E-state index contributed by atoms with van der Waals surface area (Å²) in [5.41, 5.74) is -0.0675. The summed E-state index contributed by atoms with van der Waals surface area (Å²) in [6.07, 6.45) is 0. The Morgan fingerprint density at radius 1 is 1.41 bits per heavy atom. The highest BCUT2D eigenvalue weighted by molar-refractivity contribution is 7.89. The first-order valence-corrected chi connectivity index (χ1v) is 8.86. The number of rotatable bonds is 5. The molecule has 1 heterocycles. The van der Waals surface area contributed by atoms with E-state index < -0.39 is 14.9 Å². The van der Waals surface area contributed by atoms with Crippen molar-refractivity contribution < 1.29 is 13.3 Å². The van der Waals surface area contributed by atoms with Crippen molar-refractivity contribution in [2.75, 3.05) is 7.05 Å². The summed E-state index contributed by atoms with van der Waals surface area (Å²) in [7, 11) is -2.43. The number of hydrogen-bond acceptors (Lipinski definition) is 5. The van der Waals surface area contributed by atoms with E-state index in [-0.39, 0.29) is 27.7 Å². The van der Waals surface area contributed by atoms with Crippen LogP contribution in [0.5, 0.6) is 0 Å². The molecule has 1 aromatic carbocycles. The molecule has 22 heavy (non-hydrogen) atoms. The Morgan fingerprint density at radius 2 is 2.09 bits per heavy atom. The smallest absolute Gasteiger partial charge is 0.258 e. The highest BCUT2D eigenvalue weighted by Crippen LogP contribution is 2.31. The molecule has 0 radical (unpaired) electrons. The van der Waals surface area contributed by atoms with Crippen LogP contribution in [0.1, 0.15) is 10.4 Å². The summed E-state index contributed by atoms with van der Waals surface area (Å²) in [5.74, 6) is 0. The summed E-state index contributed by atoms with van der Waals surface area (Å²) in [4.78, 5) is 11.1. The number of nitro benzene ring substituents is 1. The highest BCUT2D eigenvalue weighted by Gasteiger charge is 2.26. The second kappa shape index (κ2) is 6.33. The zero-order valence-electron chi connectivity index (χ0n) is 11.8. The van der Waals surface area contributed by atoms with Crippen molar-refractivity contribution in [3.05, 3.63) is 55.2 Å². The van der Waals surface area contributed by atoms with Crippen LogP contribution in [0.15, 0.2) is 34.5 Å². The topological polar surface area (TPSA) is 80.5 Å². The Labute approximate surface area is 137 Å². The quantitative estimate of drug-likeness (QED) is 0.604. The van der Waals surface area contributed by atoms with E-state index in [1.165, 1.54) is 31.4 Å². The molecule has 9 heteroatoms. The van der Waals surface area contributed by atoms with Gasteiger partial charge in [-0.3, -0.25) is 10.1 Å². The molecule has 0 atom stereocenters. The highest BCUT2D eigenvalue weighted by atomic mass is 35.5. The van der Waals surface area contributed by atoms with Gasteiger partial charge in [0.1, 0.15) is 0 Å². The Hall–Kier alpha value is -1.48. The van der Waals surface area contributed by atoms with E-state index in [0.29, 0.717) is 0 Å². The number of sulfonamides is 1. The lowest BCUT2D eigenvalue weighted by molar-refractivity contribution is -0.385. The van der Waals surface area contributed by atoms with Crippen LogP contribution in [0.2, 0.25) is 5.02 Å². The lowest BCUT2D eigenvalue weighted by Gasteiger charge is -2.17. The van der Waals surface area contributed by atoms with E-state index in [1.54, 1.807) is 0 Å². The first-order valence-electron chi connectivity index (χ1n) is 6.16. The van der Waals surface area contributed by atoms with E-state index in [2.05, 4.69) is 0 Å². The standard InChI is InChI=1S/C13H13ClN2O4S2/c1-9-12(14)6-11(7-13(9)16(17)18)22(19,20)15(2)8-10-4-3-5-21-10/h3-7H,8H2,1-2H3. The zero-order valence-corrected chi connectivity index (χ0v) is 14.2. The molecular formula is C13H13ClN2O4S2. The molecule has 1 aromatic heterocycles. The van der Waals surface area contributed by atoms with Gasteiger partial charge in [-0.15, -0.1) is 11.3 Å². The predicted octanol–water partition coefficient (Wildman–Crippen LogP) is 3.44. The van der Waals surface area contributed by atoms with E-state index in [0.717, 1.165) is 15.2 Å². The molecule has 0 unspecified atom stereocenters. The second-order valence-electron chi connectivity index (χ2n) is 4.65. The third kappa shape index (κ3) is 3.30. The number of halogens is 1. The monoisotopic (exact) mass is 360 g/mol. The summed E-state index contributed by atoms with van der Waals surface area (Å²) in [6.45, 7) is 1.67. The van der Waals surface area contributed by atoms with Crippen LogP contribution in [-0.4, -0.2) is 24.7 Å². The Bertz CT molecular complexity index is 804. The molecule has 118 valence electrons. The van der Waals surface area contributed by atoms with Crippen molar-refractivity contribution in [2.24, 2.45) is 0 Å². The van der Waals surface area contributed by atoms with Gasteiger partial charge in [0.25, 0.3) is 5.69 Å². The lowest BCUT2D eigenvalue weighted by atomic mass is 10.2. The molecule has 0 amide bonds. The van der Waals surface area contributed by atoms with E-state index in [1.807, 2.05) is 17.5 Å². The normalized spacial score (nSPS) is 11.8. The number of nitrogens with zero attached hydrogens (tertiary/aromatic N) is 2. The fraction of sp³-hybridized carbons (Fsp3) is 0.231. The van der Waals surface area contributed by atoms with Gasteiger partial charge in [0.15, 0.2) is 0 Å². The van der Waals surface area contributed by atoms with E-state index in [9.17, 15) is 18.5 Å². The molecule has 2 aromatic rings. The molecule has 0 aliphatic rings. The fourth-order valence-electron chi connectivity index (χ4n) is 1.87. The summed E-state index contributed by atoms with van der Waals surface area (Å²) >= 11 is 7.37. The van der Waals surface area contributed by atoms with Gasteiger partial charge in [0.2, 0.25) is 10.0 Å². The lowest BCUT2D eigenvalue weighted by Crippen LogP contribution is -2.26. The van der Waals surface area contributed by atoms with Gasteiger partial charge >= 0.3 is 0 Å². The Morgan fingerprint density at radius 3 is 2.64 bits per heavy atom. The second-order valence-corrected chi connectivity index (χ2v) is 8.13. The Kier molecular flexibility index (Phi) is 4.86. The molecule has 0 bridgehead atoms. The minimum atomic E-state index is -3.86. The molecular weight excluding hydrogens is 348 g/mol. The van der Waals surface area contributed by atoms with Gasteiger partial charge < -0.3 is 0 Å². The molecule has 0 aliphatic heterocycles. The molecule has 0 saturated carbocycles.